The van der Waals surface area contributed by atoms with E-state index in [1.165, 1.54) is 6.07 Å². The van der Waals surface area contributed by atoms with E-state index in [1.807, 2.05) is 51.8 Å². The van der Waals surface area contributed by atoms with Crippen molar-refractivity contribution in [3.05, 3.63) is 88.7 Å². The summed E-state index contributed by atoms with van der Waals surface area (Å²) >= 11 is 0. The van der Waals surface area contributed by atoms with Crippen LogP contribution in [-0.4, -0.2) is 40.4 Å². The molecule has 0 aliphatic carbocycles. The molecule has 0 spiro atoms. The summed E-state index contributed by atoms with van der Waals surface area (Å²) < 4.78 is 34.2. The molecule has 1 aromatic heterocycles. The van der Waals surface area contributed by atoms with E-state index in [4.69, 9.17) is 13.7 Å². The van der Waals surface area contributed by atoms with Gasteiger partial charge in [-0.3, -0.25) is 19.2 Å². The molecule has 2 saturated heterocycles. The van der Waals surface area contributed by atoms with Crippen molar-refractivity contribution in [3.63, 3.8) is 0 Å². The van der Waals surface area contributed by atoms with Crippen molar-refractivity contribution in [2.24, 2.45) is 0 Å². The quantitative estimate of drug-likeness (QED) is 0.121. The Morgan fingerprint density at radius 3 is 2.20 bits per heavy atom. The Morgan fingerprint density at radius 1 is 0.914 bits per heavy atom. The lowest BCUT2D eigenvalue weighted by Gasteiger charge is -2.18. The molecule has 0 bridgehead atoms. The third-order valence-corrected chi connectivity index (χ3v) is 8.67. The van der Waals surface area contributed by atoms with Crippen molar-refractivity contribution in [3.8, 4) is 22.6 Å². The van der Waals surface area contributed by atoms with Crippen LogP contribution < -0.4 is 4.74 Å². The first-order chi connectivity index (χ1) is 17.0. The second-order valence-electron chi connectivity index (χ2n) is 8.49. The van der Waals surface area contributed by atoms with E-state index in [-0.39, 0.29) is 18.0 Å². The van der Waals surface area contributed by atoms with E-state index in [1.54, 1.807) is 24.3 Å². The molecule has 2 fully saturated rings. The maximum atomic E-state index is 13.1. The van der Waals surface area contributed by atoms with Crippen molar-refractivity contribution in [1.82, 2.24) is 9.34 Å². The number of hydrogen-bond donors (Lipinski definition) is 0. The Balaban J connectivity index is 1.24. The van der Waals surface area contributed by atoms with Crippen LogP contribution in [0.1, 0.15) is 5.76 Å². The molecule has 0 radical (unpaired) electrons. The van der Waals surface area contributed by atoms with E-state index in [0.717, 1.165) is 37.3 Å². The van der Waals surface area contributed by atoms with Gasteiger partial charge < -0.3 is 9.15 Å². The SMILES string of the molecule is O=[N+]([O-])c1cc2oc(COP(=O)(N3CC3)N3CC3)cc2cc1Oc1ccc(-c2ccccc2)cc1. The van der Waals surface area contributed by atoms with Crippen molar-refractivity contribution in [2.45, 2.75) is 6.61 Å². The minimum absolute atomic E-state index is 0.0178. The van der Waals surface area contributed by atoms with Gasteiger partial charge in [0.25, 0.3) is 0 Å². The summed E-state index contributed by atoms with van der Waals surface area (Å²) in [6.45, 7) is 3.05. The Bertz CT molecular complexity index is 1430. The molecule has 3 heterocycles. The van der Waals surface area contributed by atoms with Gasteiger partial charge in [-0.15, -0.1) is 0 Å². The Hall–Kier alpha value is -3.49. The lowest BCUT2D eigenvalue weighted by Crippen LogP contribution is -2.07. The number of fused-ring (bicyclic) bond motifs is 1. The van der Waals surface area contributed by atoms with E-state index < -0.39 is 12.6 Å². The molecule has 3 aromatic carbocycles. The number of nitrogens with zero attached hydrogens (tertiary/aromatic N) is 3. The largest absolute Gasteiger partial charge is 0.458 e. The molecule has 0 N–H and O–H groups in total. The molecule has 0 amide bonds. The summed E-state index contributed by atoms with van der Waals surface area (Å²) in [5, 5.41) is 12.4. The summed E-state index contributed by atoms with van der Waals surface area (Å²) in [7, 11) is -2.98. The first-order valence-electron chi connectivity index (χ1n) is 11.3. The normalized spacial score (nSPS) is 15.9. The molecule has 0 atom stereocenters. The number of rotatable bonds is 9. The average molecular weight is 491 g/mol. The van der Waals surface area contributed by atoms with Gasteiger partial charge in [-0.1, -0.05) is 42.5 Å². The number of nitro benzene ring substituents is 1. The fraction of sp³-hybridized carbons (Fsp3) is 0.200. The van der Waals surface area contributed by atoms with E-state index in [9.17, 15) is 14.7 Å². The Labute approximate surface area is 201 Å². The molecule has 0 unspecified atom stereocenters. The monoisotopic (exact) mass is 491 g/mol. The van der Waals surface area contributed by atoms with Crippen LogP contribution in [0.5, 0.6) is 11.5 Å². The van der Waals surface area contributed by atoms with Crippen LogP contribution in [0.2, 0.25) is 0 Å². The zero-order valence-corrected chi connectivity index (χ0v) is 19.6. The van der Waals surface area contributed by atoms with Gasteiger partial charge in [0.1, 0.15) is 23.7 Å². The molecule has 9 nitrogen and oxygen atoms in total. The van der Waals surface area contributed by atoms with Gasteiger partial charge in [-0.25, -0.2) is 9.34 Å². The maximum absolute atomic E-state index is 13.1. The van der Waals surface area contributed by atoms with Crippen molar-refractivity contribution >= 4 is 24.3 Å². The van der Waals surface area contributed by atoms with Crippen LogP contribution in [0.15, 0.2) is 77.2 Å². The summed E-state index contributed by atoms with van der Waals surface area (Å²) in [6.07, 6.45) is 0. The molecule has 35 heavy (non-hydrogen) atoms. The standard InChI is InChI=1S/C25H22N3O6P/c29-28(30)23-16-24-20(14-22(34-24)17-32-35(31,26-10-11-26)27-12-13-27)15-25(23)33-21-8-6-19(7-9-21)18-4-2-1-3-5-18/h1-9,14-16H,10-13,17H2. The number of ether oxygens (including phenoxy) is 1. The van der Waals surface area contributed by atoms with Crippen LogP contribution >= 0.6 is 7.67 Å². The number of nitro groups is 1. The van der Waals surface area contributed by atoms with Crippen molar-refractivity contribution in [2.75, 3.05) is 26.2 Å². The van der Waals surface area contributed by atoms with Crippen LogP contribution in [-0.2, 0) is 15.7 Å². The van der Waals surface area contributed by atoms with Crippen molar-refractivity contribution in [1.29, 1.82) is 0 Å². The van der Waals surface area contributed by atoms with Crippen LogP contribution in [0.25, 0.3) is 22.1 Å². The zero-order chi connectivity index (χ0) is 24.0. The predicted octanol–water partition coefficient (Wildman–Crippen LogP) is 6.06. The molecule has 6 rings (SSSR count). The topological polar surface area (TPSA) is 97.8 Å². The molecule has 0 saturated carbocycles. The Morgan fingerprint density at radius 2 is 1.57 bits per heavy atom. The third kappa shape index (κ3) is 4.47. The maximum Gasteiger partial charge on any atom is 0.346 e. The molecule has 2 aliphatic heterocycles. The highest BCUT2D eigenvalue weighted by atomic mass is 31.2. The summed E-state index contributed by atoms with van der Waals surface area (Å²) in [5.41, 5.74) is 2.23. The fourth-order valence-corrected chi connectivity index (χ4v) is 6.13. The van der Waals surface area contributed by atoms with Gasteiger partial charge in [0.15, 0.2) is 0 Å². The van der Waals surface area contributed by atoms with Gasteiger partial charge >= 0.3 is 13.4 Å². The second kappa shape index (κ2) is 8.62. The first-order valence-corrected chi connectivity index (χ1v) is 12.8. The van der Waals surface area contributed by atoms with Gasteiger partial charge in [0.2, 0.25) is 5.75 Å². The van der Waals surface area contributed by atoms with E-state index in [0.29, 0.717) is 22.5 Å². The zero-order valence-electron chi connectivity index (χ0n) is 18.7. The van der Waals surface area contributed by atoms with Gasteiger partial charge in [-0.05, 0) is 35.4 Å². The molecular formula is C25H22N3O6P. The molecule has 10 heteroatoms. The lowest BCUT2D eigenvalue weighted by molar-refractivity contribution is -0.385. The first kappa shape index (κ1) is 22.0. The summed E-state index contributed by atoms with van der Waals surface area (Å²) in [5.74, 6) is 1.04. The van der Waals surface area contributed by atoms with Gasteiger partial charge in [0.05, 0.1) is 11.0 Å². The third-order valence-electron chi connectivity index (χ3n) is 5.97. The molecule has 2 aliphatic rings. The molecule has 4 aromatic rings. The Kier molecular flexibility index (Phi) is 5.42. The van der Waals surface area contributed by atoms with E-state index in [2.05, 4.69) is 0 Å². The summed E-state index contributed by atoms with van der Waals surface area (Å²) in [6, 6.07) is 22.0. The number of furan rings is 1. The minimum atomic E-state index is -2.98. The molecule has 178 valence electrons. The van der Waals surface area contributed by atoms with Crippen LogP contribution in [0, 0.1) is 10.1 Å². The van der Waals surface area contributed by atoms with Crippen LogP contribution in [0.4, 0.5) is 5.69 Å². The predicted molar refractivity (Wildman–Crippen MR) is 130 cm³/mol. The van der Waals surface area contributed by atoms with Crippen molar-refractivity contribution < 1.29 is 23.2 Å². The average Bonchev–Trinajstić information content (AvgIpc) is 3.79. The van der Waals surface area contributed by atoms with Crippen LogP contribution in [0.3, 0.4) is 0 Å². The van der Waals surface area contributed by atoms with E-state index >= 15 is 0 Å². The highest BCUT2D eigenvalue weighted by Crippen LogP contribution is 2.61. The molecular weight excluding hydrogens is 469 g/mol. The van der Waals surface area contributed by atoms with Gasteiger partial charge in [-0.2, -0.15) is 0 Å². The smallest absolute Gasteiger partial charge is 0.346 e. The number of hydrogen-bond acceptors (Lipinski definition) is 6. The highest BCUT2D eigenvalue weighted by Gasteiger charge is 2.49. The lowest BCUT2D eigenvalue weighted by atomic mass is 10.1. The number of benzene rings is 3. The van der Waals surface area contributed by atoms with Gasteiger partial charge in [0, 0.05) is 31.6 Å². The summed E-state index contributed by atoms with van der Waals surface area (Å²) in [4.78, 5) is 11.2. The second-order valence-corrected chi connectivity index (χ2v) is 10.9. The minimum Gasteiger partial charge on any atom is -0.458 e. The fourth-order valence-electron chi connectivity index (χ4n) is 3.96. The highest BCUT2D eigenvalue weighted by molar-refractivity contribution is 7.54.